The normalized spacial score (nSPS) is 19.6. The number of carbonyl (C=O) groups is 1. The molecule has 1 aromatic rings. The fourth-order valence-electron chi connectivity index (χ4n) is 1.72. The van der Waals surface area contributed by atoms with Crippen molar-refractivity contribution in [1.82, 2.24) is 5.32 Å². The lowest BCUT2D eigenvalue weighted by atomic mass is 10.2. The van der Waals surface area contributed by atoms with Crippen LogP contribution >= 0.6 is 0 Å². The van der Waals surface area contributed by atoms with Crippen molar-refractivity contribution in [3.63, 3.8) is 0 Å². The highest BCUT2D eigenvalue weighted by Gasteiger charge is 2.22. The number of hydrogen-bond acceptors (Lipinski definition) is 3. The molecule has 1 aromatic carbocycles. The first-order valence-electron chi connectivity index (χ1n) is 5.49. The third-order valence-corrected chi connectivity index (χ3v) is 2.67. The van der Waals surface area contributed by atoms with E-state index in [1.165, 1.54) is 0 Å². The molecule has 0 spiro atoms. The van der Waals surface area contributed by atoms with Gasteiger partial charge in [-0.1, -0.05) is 12.1 Å². The average Bonchev–Trinajstić information content (AvgIpc) is 2.81. The number of nitrogens with two attached hydrogens (primary N) is 1. The lowest BCUT2D eigenvalue weighted by molar-refractivity contribution is -0.130. The number of benzene rings is 1. The zero-order chi connectivity index (χ0) is 11.4. The molecule has 1 amide bonds. The van der Waals surface area contributed by atoms with Gasteiger partial charge < -0.3 is 15.8 Å². The van der Waals surface area contributed by atoms with Gasteiger partial charge in [-0.2, -0.15) is 0 Å². The standard InChI is InChI=1S/C12H16N2O2/c13-10-5-3-9(4-6-10)8-14-12(15)11-2-1-7-16-11/h3-6,11H,1-2,7-8,13H2,(H,14,15)/t11-/m1/s1. The quantitative estimate of drug-likeness (QED) is 0.749. The maximum atomic E-state index is 11.6. The fourth-order valence-corrected chi connectivity index (χ4v) is 1.72. The third kappa shape index (κ3) is 2.73. The monoisotopic (exact) mass is 220 g/mol. The van der Waals surface area contributed by atoms with E-state index in [4.69, 9.17) is 10.5 Å². The Kier molecular flexibility index (Phi) is 3.41. The van der Waals surface area contributed by atoms with E-state index in [-0.39, 0.29) is 12.0 Å². The molecule has 4 heteroatoms. The maximum Gasteiger partial charge on any atom is 0.249 e. The van der Waals surface area contributed by atoms with Crippen molar-refractivity contribution in [3.05, 3.63) is 29.8 Å². The molecule has 0 radical (unpaired) electrons. The molecule has 1 atom stereocenters. The van der Waals surface area contributed by atoms with Gasteiger partial charge in [0.25, 0.3) is 0 Å². The fraction of sp³-hybridized carbons (Fsp3) is 0.417. The van der Waals surface area contributed by atoms with Crippen molar-refractivity contribution in [3.8, 4) is 0 Å². The number of carbonyl (C=O) groups excluding carboxylic acids is 1. The molecule has 1 aliphatic heterocycles. The van der Waals surface area contributed by atoms with Crippen molar-refractivity contribution < 1.29 is 9.53 Å². The second-order valence-corrected chi connectivity index (χ2v) is 3.96. The molecule has 0 unspecified atom stereocenters. The van der Waals surface area contributed by atoms with Gasteiger partial charge in [-0.25, -0.2) is 0 Å². The van der Waals surface area contributed by atoms with Gasteiger partial charge in [-0.05, 0) is 30.5 Å². The van der Waals surface area contributed by atoms with Crippen LogP contribution in [-0.2, 0) is 16.1 Å². The SMILES string of the molecule is Nc1ccc(CNC(=O)[C@H]2CCCO2)cc1. The number of amides is 1. The Bertz CT molecular complexity index is 356. The summed E-state index contributed by atoms with van der Waals surface area (Å²) in [4.78, 5) is 11.6. The van der Waals surface area contributed by atoms with Gasteiger partial charge >= 0.3 is 0 Å². The van der Waals surface area contributed by atoms with E-state index in [9.17, 15) is 4.79 Å². The van der Waals surface area contributed by atoms with Crippen LogP contribution in [-0.4, -0.2) is 18.6 Å². The molecule has 0 aromatic heterocycles. The van der Waals surface area contributed by atoms with E-state index in [2.05, 4.69) is 5.32 Å². The Morgan fingerprint density at radius 2 is 2.19 bits per heavy atom. The summed E-state index contributed by atoms with van der Waals surface area (Å²) < 4.78 is 5.29. The van der Waals surface area contributed by atoms with Gasteiger partial charge in [-0.15, -0.1) is 0 Å². The van der Waals surface area contributed by atoms with Gasteiger partial charge in [0, 0.05) is 18.8 Å². The number of nitrogen functional groups attached to an aromatic ring is 1. The summed E-state index contributed by atoms with van der Waals surface area (Å²) in [6.45, 7) is 1.22. The second-order valence-electron chi connectivity index (χ2n) is 3.96. The first kappa shape index (κ1) is 11.0. The number of ether oxygens (including phenoxy) is 1. The van der Waals surface area contributed by atoms with E-state index in [1.54, 1.807) is 0 Å². The summed E-state index contributed by atoms with van der Waals surface area (Å²) in [6, 6.07) is 7.47. The minimum absolute atomic E-state index is 0.0191. The first-order valence-corrected chi connectivity index (χ1v) is 5.49. The van der Waals surface area contributed by atoms with Gasteiger partial charge in [0.05, 0.1) is 0 Å². The van der Waals surface area contributed by atoms with Crippen LogP contribution in [0.5, 0.6) is 0 Å². The predicted molar refractivity (Wildman–Crippen MR) is 61.7 cm³/mol. The Morgan fingerprint density at radius 3 is 2.81 bits per heavy atom. The molecule has 3 N–H and O–H groups in total. The smallest absolute Gasteiger partial charge is 0.249 e. The summed E-state index contributed by atoms with van der Waals surface area (Å²) in [5.41, 5.74) is 7.35. The van der Waals surface area contributed by atoms with Crippen LogP contribution in [0.25, 0.3) is 0 Å². The molecule has 0 aliphatic carbocycles. The predicted octanol–water partition coefficient (Wildman–Crippen LogP) is 1.06. The summed E-state index contributed by atoms with van der Waals surface area (Å²) >= 11 is 0. The number of rotatable bonds is 3. The van der Waals surface area contributed by atoms with E-state index in [1.807, 2.05) is 24.3 Å². The van der Waals surface area contributed by atoms with E-state index in [0.29, 0.717) is 13.2 Å². The second kappa shape index (κ2) is 4.99. The molecule has 1 saturated heterocycles. The van der Waals surface area contributed by atoms with Crippen molar-refractivity contribution in [2.45, 2.75) is 25.5 Å². The zero-order valence-electron chi connectivity index (χ0n) is 9.11. The van der Waals surface area contributed by atoms with E-state index >= 15 is 0 Å². The largest absolute Gasteiger partial charge is 0.399 e. The molecule has 1 aliphatic rings. The molecule has 86 valence electrons. The number of hydrogen-bond donors (Lipinski definition) is 2. The van der Waals surface area contributed by atoms with Crippen LogP contribution in [0.2, 0.25) is 0 Å². The van der Waals surface area contributed by atoms with Gasteiger partial charge in [-0.3, -0.25) is 4.79 Å². The molecule has 1 heterocycles. The molecule has 1 fully saturated rings. The average molecular weight is 220 g/mol. The topological polar surface area (TPSA) is 64.3 Å². The van der Waals surface area contributed by atoms with Crippen LogP contribution in [0.15, 0.2) is 24.3 Å². The van der Waals surface area contributed by atoms with Gasteiger partial charge in [0.2, 0.25) is 5.91 Å². The van der Waals surface area contributed by atoms with Crippen molar-refractivity contribution in [1.29, 1.82) is 0 Å². The number of anilines is 1. The summed E-state index contributed by atoms with van der Waals surface area (Å²) in [6.07, 6.45) is 1.54. The Morgan fingerprint density at radius 1 is 1.44 bits per heavy atom. The van der Waals surface area contributed by atoms with E-state index in [0.717, 1.165) is 24.1 Å². The molecular weight excluding hydrogens is 204 g/mol. The zero-order valence-corrected chi connectivity index (χ0v) is 9.11. The minimum atomic E-state index is -0.256. The third-order valence-electron chi connectivity index (χ3n) is 2.67. The number of nitrogens with one attached hydrogen (secondary N) is 1. The summed E-state index contributed by atoms with van der Waals surface area (Å²) in [5, 5.41) is 2.86. The Balaban J connectivity index is 1.82. The maximum absolute atomic E-state index is 11.6. The van der Waals surface area contributed by atoms with Crippen molar-refractivity contribution in [2.24, 2.45) is 0 Å². The Hall–Kier alpha value is -1.55. The molecular formula is C12H16N2O2. The van der Waals surface area contributed by atoms with Crippen LogP contribution in [0, 0.1) is 0 Å². The van der Waals surface area contributed by atoms with Crippen LogP contribution < -0.4 is 11.1 Å². The Labute approximate surface area is 94.8 Å². The molecule has 2 rings (SSSR count). The lowest BCUT2D eigenvalue weighted by Crippen LogP contribution is -2.33. The summed E-state index contributed by atoms with van der Waals surface area (Å²) in [5.74, 6) is -0.0191. The molecule has 0 saturated carbocycles. The van der Waals surface area contributed by atoms with Crippen molar-refractivity contribution in [2.75, 3.05) is 12.3 Å². The van der Waals surface area contributed by atoms with Crippen LogP contribution in [0.1, 0.15) is 18.4 Å². The highest BCUT2D eigenvalue weighted by molar-refractivity contribution is 5.80. The van der Waals surface area contributed by atoms with Gasteiger partial charge in [0.15, 0.2) is 0 Å². The minimum Gasteiger partial charge on any atom is -0.399 e. The lowest BCUT2D eigenvalue weighted by Gasteiger charge is -2.10. The summed E-state index contributed by atoms with van der Waals surface area (Å²) in [7, 11) is 0. The van der Waals surface area contributed by atoms with Crippen LogP contribution in [0.3, 0.4) is 0 Å². The molecule has 4 nitrogen and oxygen atoms in total. The van der Waals surface area contributed by atoms with E-state index < -0.39 is 0 Å². The van der Waals surface area contributed by atoms with Crippen molar-refractivity contribution >= 4 is 11.6 Å². The van der Waals surface area contributed by atoms with Gasteiger partial charge in [0.1, 0.15) is 6.10 Å². The highest BCUT2D eigenvalue weighted by atomic mass is 16.5. The van der Waals surface area contributed by atoms with Crippen LogP contribution in [0.4, 0.5) is 5.69 Å². The first-order chi connectivity index (χ1) is 7.75. The highest BCUT2D eigenvalue weighted by Crippen LogP contribution is 2.12. The molecule has 16 heavy (non-hydrogen) atoms. The molecule has 0 bridgehead atoms.